The van der Waals surface area contributed by atoms with Crippen LogP contribution in [-0.2, 0) is 0 Å². The minimum absolute atomic E-state index is 0.181. The number of benzene rings is 6. The van der Waals surface area contributed by atoms with Gasteiger partial charge in [-0.2, -0.15) is 0 Å². The van der Waals surface area contributed by atoms with Crippen LogP contribution in [0.25, 0.3) is 49.6 Å². The number of aliphatic imine (C=N–C) groups is 1. The second-order valence-electron chi connectivity index (χ2n) is 13.6. The summed E-state index contributed by atoms with van der Waals surface area (Å²) in [5.41, 5.74) is 12.8. The van der Waals surface area contributed by atoms with Gasteiger partial charge in [0.2, 0.25) is 0 Å². The smallest absolute Gasteiger partial charge is 0.157 e. The molecule has 1 N–H and O–H groups in total. The summed E-state index contributed by atoms with van der Waals surface area (Å²) in [7, 11) is 0. The van der Waals surface area contributed by atoms with E-state index in [0.717, 1.165) is 33.7 Å². The molecule has 0 bridgehead atoms. The minimum Gasteiger partial charge on any atom is -0.456 e. The highest BCUT2D eigenvalue weighted by molar-refractivity contribution is 6.10. The largest absolute Gasteiger partial charge is 0.456 e. The molecule has 0 saturated heterocycles. The van der Waals surface area contributed by atoms with E-state index in [1.54, 1.807) is 6.34 Å². The van der Waals surface area contributed by atoms with Gasteiger partial charge in [0.15, 0.2) is 5.76 Å². The number of hydrogen-bond acceptors (Lipinski definition) is 4. The predicted molar refractivity (Wildman–Crippen MR) is 210 cm³/mol. The Hall–Kier alpha value is -6.59. The molecular weight excluding hydrogens is 625 g/mol. The molecule has 11 rings (SSSR count). The topological polar surface area (TPSA) is 45.7 Å². The minimum atomic E-state index is -0.224. The van der Waals surface area contributed by atoms with E-state index in [1.807, 2.05) is 18.2 Å². The van der Waals surface area contributed by atoms with E-state index in [2.05, 4.69) is 160 Å². The molecule has 0 saturated carbocycles. The summed E-state index contributed by atoms with van der Waals surface area (Å²) in [5.74, 6) is 1.10. The molecule has 3 unspecified atom stereocenters. The van der Waals surface area contributed by atoms with Gasteiger partial charge in [0.25, 0.3) is 0 Å². The van der Waals surface area contributed by atoms with Crippen LogP contribution in [-0.4, -0.2) is 16.9 Å². The zero-order valence-electron chi connectivity index (χ0n) is 27.6. The number of furan rings is 1. The van der Waals surface area contributed by atoms with Gasteiger partial charge in [-0.1, -0.05) is 97.1 Å². The molecule has 8 aromatic rings. The summed E-state index contributed by atoms with van der Waals surface area (Å²) in [6.07, 6.45) is 10.9. The molecule has 5 heteroatoms. The fraction of sp³-hybridized carbons (Fsp3) is 0.0652. The monoisotopic (exact) mass is 656 g/mol. The van der Waals surface area contributed by atoms with Gasteiger partial charge in [0.05, 0.1) is 29.1 Å². The number of rotatable bonds is 4. The number of nitrogens with one attached hydrogen (secondary N) is 1. The highest BCUT2D eigenvalue weighted by Gasteiger charge is 2.38. The zero-order valence-corrected chi connectivity index (χ0v) is 27.6. The van der Waals surface area contributed by atoms with Crippen LogP contribution in [0.15, 0.2) is 173 Å². The number of allylic oxidation sites excluding steroid dienone is 2. The van der Waals surface area contributed by atoms with Crippen molar-refractivity contribution in [1.82, 2.24) is 4.57 Å². The van der Waals surface area contributed by atoms with Gasteiger partial charge in [-0.25, -0.2) is 0 Å². The van der Waals surface area contributed by atoms with Gasteiger partial charge in [0.1, 0.15) is 11.6 Å². The van der Waals surface area contributed by atoms with Crippen molar-refractivity contribution in [2.45, 2.75) is 18.0 Å². The molecule has 4 heterocycles. The number of fused-ring (bicyclic) bond motifs is 9. The highest BCUT2D eigenvalue weighted by atomic mass is 16.3. The van der Waals surface area contributed by atoms with Crippen LogP contribution in [0.2, 0.25) is 0 Å². The van der Waals surface area contributed by atoms with Crippen molar-refractivity contribution in [2.75, 3.05) is 10.2 Å². The molecule has 2 aliphatic heterocycles. The normalized spacial score (nSPS) is 18.7. The van der Waals surface area contributed by atoms with Crippen LogP contribution < -0.4 is 10.2 Å². The third-order valence-corrected chi connectivity index (χ3v) is 10.8. The third-order valence-electron chi connectivity index (χ3n) is 10.8. The average molecular weight is 657 g/mol. The van der Waals surface area contributed by atoms with Gasteiger partial charge in [-0.3, -0.25) is 4.99 Å². The molecule has 0 fully saturated rings. The summed E-state index contributed by atoms with van der Waals surface area (Å²) in [4.78, 5) is 7.35. The Balaban J connectivity index is 1.00. The van der Waals surface area contributed by atoms with Crippen molar-refractivity contribution >= 4 is 56.2 Å². The Morgan fingerprint density at radius 1 is 0.608 bits per heavy atom. The predicted octanol–water partition coefficient (Wildman–Crippen LogP) is 11.5. The quantitative estimate of drug-likeness (QED) is 0.205. The average Bonchev–Trinajstić information content (AvgIpc) is 3.85. The fourth-order valence-corrected chi connectivity index (χ4v) is 8.56. The van der Waals surface area contributed by atoms with Gasteiger partial charge in [0, 0.05) is 39.1 Å². The summed E-state index contributed by atoms with van der Waals surface area (Å²) in [6.45, 7) is 0. The van der Waals surface area contributed by atoms with Crippen LogP contribution in [0.5, 0.6) is 0 Å². The van der Waals surface area contributed by atoms with Crippen molar-refractivity contribution in [3.05, 3.63) is 181 Å². The van der Waals surface area contributed by atoms with E-state index >= 15 is 0 Å². The molecule has 6 aromatic carbocycles. The van der Waals surface area contributed by atoms with E-state index in [4.69, 9.17) is 9.41 Å². The summed E-state index contributed by atoms with van der Waals surface area (Å²) >= 11 is 0. The Morgan fingerprint density at radius 3 is 2.31 bits per heavy atom. The standard InChI is InChI=1S/C46H32N4O/c1-2-12-32(13-3-1)49-39-18-7-4-15-34(39)37-26-29(21-23-41(37)49)30-22-24-42-38(27-30)35-16-5-8-19-40(35)50(42)33-14-10-11-31(25-33)44-46-45(48-28-47-44)36-17-6-9-20-43(36)51-46/h1-28,35,40,44H,(H,47,48). The van der Waals surface area contributed by atoms with Crippen molar-refractivity contribution in [3.8, 4) is 16.8 Å². The van der Waals surface area contributed by atoms with E-state index in [1.165, 1.54) is 49.9 Å². The fourth-order valence-electron chi connectivity index (χ4n) is 8.56. The van der Waals surface area contributed by atoms with E-state index in [-0.39, 0.29) is 18.0 Å². The molecule has 242 valence electrons. The second kappa shape index (κ2) is 11.0. The van der Waals surface area contributed by atoms with Crippen molar-refractivity contribution in [2.24, 2.45) is 4.99 Å². The SMILES string of the molecule is C1=CC2c3cc(-c4ccc5c(c4)c4ccccc4n5-c4ccccc4)ccc3N(c3cccc(C4N=CNc5c4oc4ccccc54)c3)C2C=C1. The number of para-hydroxylation sites is 3. The molecular formula is C46H32N4O. The molecule has 3 aliphatic rings. The lowest BCUT2D eigenvalue weighted by Crippen LogP contribution is -2.28. The van der Waals surface area contributed by atoms with Crippen molar-refractivity contribution < 1.29 is 4.42 Å². The second-order valence-corrected chi connectivity index (χ2v) is 13.6. The molecule has 2 aromatic heterocycles. The van der Waals surface area contributed by atoms with Crippen LogP contribution in [0, 0.1) is 0 Å². The Morgan fingerprint density at radius 2 is 1.37 bits per heavy atom. The molecule has 0 radical (unpaired) electrons. The van der Waals surface area contributed by atoms with Gasteiger partial charge >= 0.3 is 0 Å². The molecule has 5 nitrogen and oxygen atoms in total. The van der Waals surface area contributed by atoms with Gasteiger partial charge in [-0.05, 0) is 89.0 Å². The Bertz CT molecular complexity index is 2770. The molecule has 1 aliphatic carbocycles. The van der Waals surface area contributed by atoms with Crippen LogP contribution in [0.1, 0.15) is 28.8 Å². The van der Waals surface area contributed by atoms with Crippen LogP contribution in [0.3, 0.4) is 0 Å². The third kappa shape index (κ3) is 4.25. The first-order valence-corrected chi connectivity index (χ1v) is 17.6. The lowest BCUT2D eigenvalue weighted by atomic mass is 9.89. The first-order chi connectivity index (χ1) is 25.3. The first-order valence-electron chi connectivity index (χ1n) is 17.6. The van der Waals surface area contributed by atoms with Crippen molar-refractivity contribution in [1.29, 1.82) is 0 Å². The van der Waals surface area contributed by atoms with E-state index in [9.17, 15) is 0 Å². The van der Waals surface area contributed by atoms with E-state index < -0.39 is 0 Å². The number of aromatic nitrogens is 1. The lowest BCUT2D eigenvalue weighted by molar-refractivity contribution is 0.526. The van der Waals surface area contributed by atoms with Crippen LogP contribution >= 0.6 is 0 Å². The molecule has 0 amide bonds. The maximum absolute atomic E-state index is 6.38. The van der Waals surface area contributed by atoms with Crippen molar-refractivity contribution in [3.63, 3.8) is 0 Å². The number of nitrogens with zero attached hydrogens (tertiary/aromatic N) is 3. The summed E-state index contributed by atoms with van der Waals surface area (Å²) < 4.78 is 8.76. The summed E-state index contributed by atoms with van der Waals surface area (Å²) in [5, 5.41) is 6.94. The van der Waals surface area contributed by atoms with Gasteiger partial charge in [-0.15, -0.1) is 0 Å². The summed E-state index contributed by atoms with van der Waals surface area (Å²) in [6, 6.07) is 50.2. The maximum Gasteiger partial charge on any atom is 0.157 e. The van der Waals surface area contributed by atoms with Crippen LogP contribution in [0.4, 0.5) is 17.1 Å². The Kier molecular flexibility index (Phi) is 6.07. The molecule has 3 atom stereocenters. The maximum atomic E-state index is 6.38. The highest BCUT2D eigenvalue weighted by Crippen LogP contribution is 2.50. The Labute approximate surface area is 295 Å². The first kappa shape index (κ1) is 28.3. The van der Waals surface area contributed by atoms with E-state index in [0.29, 0.717) is 0 Å². The zero-order chi connectivity index (χ0) is 33.5. The molecule has 0 spiro atoms. The number of hydrogen-bond donors (Lipinski definition) is 1. The molecule has 51 heavy (non-hydrogen) atoms. The number of anilines is 3. The lowest BCUT2D eigenvalue weighted by Gasteiger charge is -2.29. The van der Waals surface area contributed by atoms with Gasteiger partial charge < -0.3 is 19.2 Å².